The lowest BCUT2D eigenvalue weighted by molar-refractivity contribution is 0.198. The van der Waals surface area contributed by atoms with Gasteiger partial charge in [0, 0.05) is 5.25 Å². The molecule has 2 atom stereocenters. The SMILES string of the molecule is C/C(=C\C=C/CC(C)O)C(C)S. The average molecular weight is 186 g/mol. The van der Waals surface area contributed by atoms with Crippen molar-refractivity contribution in [2.45, 2.75) is 38.5 Å². The van der Waals surface area contributed by atoms with Gasteiger partial charge in [0.05, 0.1) is 6.10 Å². The van der Waals surface area contributed by atoms with Gasteiger partial charge in [-0.15, -0.1) is 0 Å². The van der Waals surface area contributed by atoms with Gasteiger partial charge >= 0.3 is 0 Å². The first kappa shape index (κ1) is 11.8. The predicted molar refractivity (Wildman–Crippen MR) is 57.6 cm³/mol. The Hall–Kier alpha value is -0.210. The molecule has 0 aliphatic heterocycles. The van der Waals surface area contributed by atoms with Crippen LogP contribution in [0.2, 0.25) is 0 Å². The molecule has 1 N–H and O–H groups in total. The van der Waals surface area contributed by atoms with E-state index >= 15 is 0 Å². The minimum Gasteiger partial charge on any atom is -0.393 e. The maximum Gasteiger partial charge on any atom is 0.0546 e. The molecule has 2 unspecified atom stereocenters. The second-order valence-electron chi connectivity index (χ2n) is 3.10. The lowest BCUT2D eigenvalue weighted by Crippen LogP contribution is -1.95. The third-order valence-corrected chi connectivity index (χ3v) is 2.04. The van der Waals surface area contributed by atoms with E-state index in [0.29, 0.717) is 11.7 Å². The van der Waals surface area contributed by atoms with Crippen LogP contribution >= 0.6 is 12.6 Å². The van der Waals surface area contributed by atoms with Crippen molar-refractivity contribution in [3.8, 4) is 0 Å². The van der Waals surface area contributed by atoms with E-state index in [0.717, 1.165) is 0 Å². The summed E-state index contributed by atoms with van der Waals surface area (Å²) in [4.78, 5) is 0. The number of hydrogen-bond acceptors (Lipinski definition) is 2. The number of hydrogen-bond donors (Lipinski definition) is 2. The monoisotopic (exact) mass is 186 g/mol. The van der Waals surface area contributed by atoms with Gasteiger partial charge in [0.25, 0.3) is 0 Å². The van der Waals surface area contributed by atoms with Crippen LogP contribution < -0.4 is 0 Å². The van der Waals surface area contributed by atoms with Crippen LogP contribution in [0.25, 0.3) is 0 Å². The van der Waals surface area contributed by atoms with E-state index in [4.69, 9.17) is 5.11 Å². The lowest BCUT2D eigenvalue weighted by Gasteiger charge is -2.01. The largest absolute Gasteiger partial charge is 0.393 e. The summed E-state index contributed by atoms with van der Waals surface area (Å²) < 4.78 is 0. The molecule has 0 heterocycles. The van der Waals surface area contributed by atoms with Crippen LogP contribution in [0.3, 0.4) is 0 Å². The number of allylic oxidation sites excluding steroid dienone is 2. The third-order valence-electron chi connectivity index (χ3n) is 1.63. The van der Waals surface area contributed by atoms with Crippen molar-refractivity contribution in [2.24, 2.45) is 0 Å². The Morgan fingerprint density at radius 3 is 2.50 bits per heavy atom. The molecular formula is C10H18OS. The molecule has 70 valence electrons. The van der Waals surface area contributed by atoms with Gasteiger partial charge in [-0.25, -0.2) is 0 Å². The lowest BCUT2D eigenvalue weighted by atomic mass is 10.2. The van der Waals surface area contributed by atoms with Crippen LogP contribution in [0, 0.1) is 0 Å². The minimum absolute atomic E-state index is 0.247. The molecule has 0 bridgehead atoms. The van der Waals surface area contributed by atoms with Crippen molar-refractivity contribution < 1.29 is 5.11 Å². The number of rotatable bonds is 4. The molecule has 0 amide bonds. The molecule has 1 nitrogen and oxygen atoms in total. The van der Waals surface area contributed by atoms with Crippen molar-refractivity contribution >= 4 is 12.6 Å². The third kappa shape index (κ3) is 6.50. The molecule has 2 heteroatoms. The van der Waals surface area contributed by atoms with Gasteiger partial charge in [0.15, 0.2) is 0 Å². The summed E-state index contributed by atoms with van der Waals surface area (Å²) >= 11 is 4.28. The zero-order valence-corrected chi connectivity index (χ0v) is 8.88. The van der Waals surface area contributed by atoms with Crippen molar-refractivity contribution in [2.75, 3.05) is 0 Å². The molecule has 0 aliphatic rings. The summed E-state index contributed by atoms with van der Waals surface area (Å²) in [7, 11) is 0. The Morgan fingerprint density at radius 1 is 1.50 bits per heavy atom. The van der Waals surface area contributed by atoms with Crippen LogP contribution in [0.5, 0.6) is 0 Å². The molecule has 0 saturated carbocycles. The summed E-state index contributed by atoms with van der Waals surface area (Å²) in [5.41, 5.74) is 1.24. The molecular weight excluding hydrogens is 168 g/mol. The zero-order valence-electron chi connectivity index (χ0n) is 7.99. The van der Waals surface area contributed by atoms with E-state index in [1.54, 1.807) is 6.92 Å². The van der Waals surface area contributed by atoms with Gasteiger partial charge in [-0.1, -0.05) is 23.8 Å². The summed E-state index contributed by atoms with van der Waals surface area (Å²) in [5, 5.41) is 9.25. The maximum atomic E-state index is 8.94. The average Bonchev–Trinajstić information content (AvgIpc) is 1.97. The maximum absolute atomic E-state index is 8.94. The summed E-state index contributed by atoms with van der Waals surface area (Å²) in [6.07, 6.45) is 6.42. The summed E-state index contributed by atoms with van der Waals surface area (Å²) in [6.45, 7) is 5.87. The highest BCUT2D eigenvalue weighted by Gasteiger charge is 1.93. The van der Waals surface area contributed by atoms with Gasteiger partial charge in [0.2, 0.25) is 0 Å². The van der Waals surface area contributed by atoms with Crippen LogP contribution in [0.15, 0.2) is 23.8 Å². The fraction of sp³-hybridized carbons (Fsp3) is 0.600. The number of aliphatic hydroxyl groups is 1. The van der Waals surface area contributed by atoms with Gasteiger partial charge < -0.3 is 5.11 Å². The fourth-order valence-corrected chi connectivity index (χ4v) is 0.721. The molecule has 12 heavy (non-hydrogen) atoms. The van der Waals surface area contributed by atoms with Crippen LogP contribution in [-0.4, -0.2) is 16.5 Å². The molecule has 0 aromatic heterocycles. The predicted octanol–water partition coefficient (Wildman–Crippen LogP) is 2.58. The van der Waals surface area contributed by atoms with Crippen LogP contribution in [-0.2, 0) is 0 Å². The summed E-state index contributed by atoms with van der Waals surface area (Å²) in [5.74, 6) is 0. The second kappa shape index (κ2) is 6.32. The van der Waals surface area contributed by atoms with E-state index in [1.807, 2.05) is 32.1 Å². The first-order valence-corrected chi connectivity index (χ1v) is 4.75. The molecule has 0 fully saturated rings. The van der Waals surface area contributed by atoms with Gasteiger partial charge in [-0.05, 0) is 27.2 Å². The van der Waals surface area contributed by atoms with Gasteiger partial charge in [-0.2, -0.15) is 12.6 Å². The molecule has 0 aliphatic carbocycles. The standard InChI is InChI=1S/C10H18OS/c1-8(10(3)12)6-4-5-7-9(2)11/h4-6,9-12H,7H2,1-3H3/b5-4-,8-6+. The molecule has 0 saturated heterocycles. The van der Waals surface area contributed by atoms with E-state index in [1.165, 1.54) is 5.57 Å². The van der Waals surface area contributed by atoms with Crippen LogP contribution in [0.4, 0.5) is 0 Å². The zero-order chi connectivity index (χ0) is 9.56. The topological polar surface area (TPSA) is 20.2 Å². The molecule has 0 aromatic carbocycles. The minimum atomic E-state index is -0.247. The van der Waals surface area contributed by atoms with E-state index < -0.39 is 0 Å². The van der Waals surface area contributed by atoms with Crippen LogP contribution in [0.1, 0.15) is 27.2 Å². The molecule has 0 radical (unpaired) electrons. The second-order valence-corrected chi connectivity index (χ2v) is 3.87. The van der Waals surface area contributed by atoms with Crippen molar-refractivity contribution in [1.82, 2.24) is 0 Å². The summed E-state index contributed by atoms with van der Waals surface area (Å²) in [6, 6.07) is 0. The molecule has 0 spiro atoms. The Labute approximate surface area is 80.6 Å². The Bertz CT molecular complexity index is 169. The Kier molecular flexibility index (Phi) is 6.21. The van der Waals surface area contributed by atoms with Crippen molar-refractivity contribution in [1.29, 1.82) is 0 Å². The smallest absolute Gasteiger partial charge is 0.0546 e. The quantitative estimate of drug-likeness (QED) is 0.511. The number of thiol groups is 1. The normalized spacial score (nSPS) is 18.2. The van der Waals surface area contributed by atoms with E-state index in [2.05, 4.69) is 12.6 Å². The molecule has 0 rings (SSSR count). The first-order valence-electron chi connectivity index (χ1n) is 4.23. The fourth-order valence-electron chi connectivity index (χ4n) is 0.635. The first-order chi connectivity index (χ1) is 5.54. The van der Waals surface area contributed by atoms with Crippen molar-refractivity contribution in [3.05, 3.63) is 23.8 Å². The Morgan fingerprint density at radius 2 is 2.08 bits per heavy atom. The number of aliphatic hydroxyl groups excluding tert-OH is 1. The highest BCUT2D eigenvalue weighted by molar-refractivity contribution is 7.81. The van der Waals surface area contributed by atoms with Crippen molar-refractivity contribution in [3.63, 3.8) is 0 Å². The van der Waals surface area contributed by atoms with Gasteiger partial charge in [0.1, 0.15) is 0 Å². The Balaban J connectivity index is 3.79. The van der Waals surface area contributed by atoms with Gasteiger partial charge in [-0.3, -0.25) is 0 Å². The highest BCUT2D eigenvalue weighted by atomic mass is 32.1. The van der Waals surface area contributed by atoms with E-state index in [9.17, 15) is 0 Å². The van der Waals surface area contributed by atoms with E-state index in [-0.39, 0.29) is 6.10 Å². The highest BCUT2D eigenvalue weighted by Crippen LogP contribution is 2.07. The molecule has 0 aromatic rings.